The quantitative estimate of drug-likeness (QED) is 0.695. The SMILES string of the molecule is CN1CCc2nc3sc(C(=O)Nc4ccc(F)c(Cl)c4)c(N)c3cc2C1. The molecule has 2 aromatic heterocycles. The first-order valence-electron chi connectivity index (χ1n) is 8.08. The Morgan fingerprint density at radius 3 is 3.00 bits per heavy atom. The van der Waals surface area contributed by atoms with Crippen LogP contribution >= 0.6 is 22.9 Å². The number of nitrogen functional groups attached to an aromatic ring is 1. The van der Waals surface area contributed by atoms with Crippen molar-refractivity contribution < 1.29 is 9.18 Å². The lowest BCUT2D eigenvalue weighted by Crippen LogP contribution is -2.27. The van der Waals surface area contributed by atoms with E-state index in [9.17, 15) is 9.18 Å². The number of nitrogens with zero attached hydrogens (tertiary/aromatic N) is 2. The molecule has 0 saturated heterocycles. The molecule has 0 atom stereocenters. The molecular formula is C18H16ClFN4OS. The topological polar surface area (TPSA) is 71.2 Å². The van der Waals surface area contributed by atoms with Crippen molar-refractivity contribution in [1.82, 2.24) is 9.88 Å². The van der Waals surface area contributed by atoms with Gasteiger partial charge in [0.15, 0.2) is 0 Å². The summed E-state index contributed by atoms with van der Waals surface area (Å²) in [6.45, 7) is 1.79. The molecule has 3 heterocycles. The third-order valence-corrected chi connectivity index (χ3v) is 5.85. The first-order valence-corrected chi connectivity index (χ1v) is 9.27. The van der Waals surface area contributed by atoms with Gasteiger partial charge < -0.3 is 16.0 Å². The number of nitrogens with two attached hydrogens (primary N) is 1. The molecule has 0 aliphatic carbocycles. The summed E-state index contributed by atoms with van der Waals surface area (Å²) in [6.07, 6.45) is 0.884. The van der Waals surface area contributed by atoms with Crippen molar-refractivity contribution in [3.05, 3.63) is 51.2 Å². The Morgan fingerprint density at radius 1 is 1.42 bits per heavy atom. The number of halogens is 2. The summed E-state index contributed by atoms with van der Waals surface area (Å²) < 4.78 is 13.3. The van der Waals surface area contributed by atoms with Gasteiger partial charge in [0.05, 0.1) is 10.7 Å². The fraction of sp³-hybridized carbons (Fsp3) is 0.222. The molecule has 8 heteroatoms. The van der Waals surface area contributed by atoms with Crippen LogP contribution in [0.4, 0.5) is 15.8 Å². The lowest BCUT2D eigenvalue weighted by Gasteiger charge is -2.24. The molecule has 1 amide bonds. The van der Waals surface area contributed by atoms with Gasteiger partial charge in [-0.25, -0.2) is 9.37 Å². The zero-order valence-corrected chi connectivity index (χ0v) is 15.5. The Kier molecular flexibility index (Phi) is 4.30. The summed E-state index contributed by atoms with van der Waals surface area (Å²) in [5, 5.41) is 3.46. The van der Waals surface area contributed by atoms with E-state index in [4.69, 9.17) is 22.3 Å². The van der Waals surface area contributed by atoms with Gasteiger partial charge in [-0.2, -0.15) is 0 Å². The molecule has 0 fully saturated rings. The van der Waals surface area contributed by atoms with Crippen molar-refractivity contribution in [2.75, 3.05) is 24.6 Å². The number of hydrogen-bond donors (Lipinski definition) is 2. The Morgan fingerprint density at radius 2 is 2.23 bits per heavy atom. The number of carbonyl (C=O) groups excluding carboxylic acids is 1. The maximum atomic E-state index is 13.3. The summed E-state index contributed by atoms with van der Waals surface area (Å²) in [5.41, 5.74) is 9.26. The summed E-state index contributed by atoms with van der Waals surface area (Å²) in [6, 6.07) is 6.06. The van der Waals surface area contributed by atoms with Crippen LogP contribution in [0.15, 0.2) is 24.3 Å². The van der Waals surface area contributed by atoms with Gasteiger partial charge in [0, 0.05) is 36.3 Å². The molecule has 0 radical (unpaired) electrons. The third kappa shape index (κ3) is 3.02. The molecule has 0 saturated carbocycles. The molecule has 1 aromatic carbocycles. The summed E-state index contributed by atoms with van der Waals surface area (Å²) in [4.78, 5) is 20.7. The number of rotatable bonds is 2. The zero-order chi connectivity index (χ0) is 18.4. The van der Waals surface area contributed by atoms with Gasteiger partial charge in [-0.1, -0.05) is 11.6 Å². The van der Waals surface area contributed by atoms with Crippen molar-refractivity contribution in [3.8, 4) is 0 Å². The van der Waals surface area contributed by atoms with E-state index < -0.39 is 5.82 Å². The number of carbonyl (C=O) groups is 1. The average Bonchev–Trinajstić information content (AvgIpc) is 2.92. The van der Waals surface area contributed by atoms with E-state index in [0.29, 0.717) is 16.3 Å². The third-order valence-electron chi connectivity index (χ3n) is 4.44. The maximum Gasteiger partial charge on any atom is 0.267 e. The first-order chi connectivity index (χ1) is 12.4. The fourth-order valence-electron chi connectivity index (χ4n) is 3.07. The number of amides is 1. The van der Waals surface area contributed by atoms with Crippen LogP contribution < -0.4 is 11.1 Å². The Labute approximate surface area is 158 Å². The number of benzene rings is 1. The maximum absolute atomic E-state index is 13.3. The smallest absolute Gasteiger partial charge is 0.267 e. The van der Waals surface area contributed by atoms with Crippen molar-refractivity contribution in [2.24, 2.45) is 0 Å². The second-order valence-corrected chi connectivity index (χ2v) is 7.77. The highest BCUT2D eigenvalue weighted by Crippen LogP contribution is 2.35. The van der Waals surface area contributed by atoms with Crippen LogP contribution in [-0.2, 0) is 13.0 Å². The molecule has 26 heavy (non-hydrogen) atoms. The molecular weight excluding hydrogens is 375 g/mol. The van der Waals surface area contributed by atoms with Gasteiger partial charge in [-0.15, -0.1) is 11.3 Å². The van der Waals surface area contributed by atoms with E-state index in [-0.39, 0.29) is 10.9 Å². The van der Waals surface area contributed by atoms with Crippen molar-refractivity contribution in [1.29, 1.82) is 0 Å². The molecule has 4 rings (SSSR count). The molecule has 0 unspecified atom stereocenters. The highest BCUT2D eigenvalue weighted by molar-refractivity contribution is 7.21. The highest BCUT2D eigenvalue weighted by atomic mass is 35.5. The van der Waals surface area contributed by atoms with Crippen LogP contribution in [0.1, 0.15) is 20.9 Å². The van der Waals surface area contributed by atoms with Gasteiger partial charge in [-0.05, 0) is 36.9 Å². The van der Waals surface area contributed by atoms with Gasteiger partial charge >= 0.3 is 0 Å². The minimum Gasteiger partial charge on any atom is -0.397 e. The van der Waals surface area contributed by atoms with Crippen molar-refractivity contribution in [3.63, 3.8) is 0 Å². The lowest BCUT2D eigenvalue weighted by atomic mass is 10.0. The van der Waals surface area contributed by atoms with Crippen LogP contribution in [0.5, 0.6) is 0 Å². The number of nitrogens with one attached hydrogen (secondary N) is 1. The van der Waals surface area contributed by atoms with E-state index in [1.54, 1.807) is 0 Å². The van der Waals surface area contributed by atoms with Crippen LogP contribution in [0.2, 0.25) is 5.02 Å². The zero-order valence-electron chi connectivity index (χ0n) is 14.0. The molecule has 5 nitrogen and oxygen atoms in total. The van der Waals surface area contributed by atoms with E-state index in [2.05, 4.69) is 17.3 Å². The van der Waals surface area contributed by atoms with Crippen LogP contribution in [0.3, 0.4) is 0 Å². The van der Waals surface area contributed by atoms with Gasteiger partial charge in [0.25, 0.3) is 5.91 Å². The normalized spacial score (nSPS) is 14.4. The summed E-state index contributed by atoms with van der Waals surface area (Å²) in [7, 11) is 2.07. The average molecular weight is 391 g/mol. The number of fused-ring (bicyclic) bond motifs is 2. The van der Waals surface area contributed by atoms with Crippen molar-refractivity contribution in [2.45, 2.75) is 13.0 Å². The molecule has 3 aromatic rings. The monoisotopic (exact) mass is 390 g/mol. The Balaban J connectivity index is 1.68. The second kappa shape index (κ2) is 6.50. The second-order valence-electron chi connectivity index (χ2n) is 6.36. The summed E-state index contributed by atoms with van der Waals surface area (Å²) >= 11 is 7.02. The molecule has 3 N–H and O–H groups in total. The number of aromatic nitrogens is 1. The number of likely N-dealkylation sites (N-methyl/N-ethyl adjacent to an activating group) is 1. The molecule has 134 valence electrons. The first kappa shape index (κ1) is 17.2. The van der Waals surface area contributed by atoms with Crippen LogP contribution in [-0.4, -0.2) is 29.4 Å². The predicted octanol–water partition coefficient (Wildman–Crippen LogP) is 3.91. The molecule has 1 aliphatic rings. The molecule has 0 bridgehead atoms. The Hall–Kier alpha value is -2.22. The van der Waals surface area contributed by atoms with Gasteiger partial charge in [0.2, 0.25) is 0 Å². The minimum atomic E-state index is -0.536. The number of pyridine rings is 1. The van der Waals surface area contributed by atoms with E-state index >= 15 is 0 Å². The van der Waals surface area contributed by atoms with Crippen LogP contribution in [0, 0.1) is 5.82 Å². The number of anilines is 2. The van der Waals surface area contributed by atoms with E-state index in [1.807, 2.05) is 6.07 Å². The van der Waals surface area contributed by atoms with E-state index in [0.717, 1.165) is 41.0 Å². The van der Waals surface area contributed by atoms with Gasteiger partial charge in [-0.3, -0.25) is 4.79 Å². The van der Waals surface area contributed by atoms with Crippen molar-refractivity contribution >= 4 is 50.4 Å². The lowest BCUT2D eigenvalue weighted by molar-refractivity contribution is 0.103. The highest BCUT2D eigenvalue weighted by Gasteiger charge is 2.21. The molecule has 0 spiro atoms. The Bertz CT molecular complexity index is 1040. The van der Waals surface area contributed by atoms with E-state index in [1.165, 1.54) is 29.5 Å². The standard InChI is InChI=1S/C18H16ClFN4OS/c1-24-5-4-14-9(8-24)6-11-15(21)16(26-18(11)23-14)17(25)22-10-2-3-13(20)12(19)7-10/h2-3,6-7H,4-5,8,21H2,1H3,(H,22,25). The minimum absolute atomic E-state index is 0.0504. The summed E-state index contributed by atoms with van der Waals surface area (Å²) in [5.74, 6) is -0.894. The van der Waals surface area contributed by atoms with Crippen LogP contribution in [0.25, 0.3) is 10.2 Å². The predicted molar refractivity (Wildman–Crippen MR) is 103 cm³/mol. The fourth-order valence-corrected chi connectivity index (χ4v) is 4.24. The molecule has 1 aliphatic heterocycles. The number of hydrogen-bond acceptors (Lipinski definition) is 5. The van der Waals surface area contributed by atoms with Gasteiger partial charge in [0.1, 0.15) is 15.5 Å². The number of thiophene rings is 1. The largest absolute Gasteiger partial charge is 0.397 e.